The van der Waals surface area contributed by atoms with Crippen molar-refractivity contribution in [2.24, 2.45) is 5.41 Å². The lowest BCUT2D eigenvalue weighted by molar-refractivity contribution is 0.428. The minimum atomic E-state index is -0.216. The van der Waals surface area contributed by atoms with E-state index in [1.165, 1.54) is 12.1 Å². The van der Waals surface area contributed by atoms with Crippen molar-refractivity contribution in [1.29, 1.82) is 0 Å². The number of rotatable bonds is 0. The van der Waals surface area contributed by atoms with Crippen LogP contribution in [-0.2, 0) is 0 Å². The Morgan fingerprint density at radius 2 is 1.71 bits per heavy atom. The molecule has 0 unspecified atom stereocenters. The maximum atomic E-state index is 12.5. The summed E-state index contributed by atoms with van der Waals surface area (Å²) in [5.41, 5.74) is 1.10. The highest BCUT2D eigenvalue weighted by molar-refractivity contribution is 5.34. The number of hydrogen-bond acceptors (Lipinski definition) is 0. The van der Waals surface area contributed by atoms with E-state index in [4.69, 9.17) is 0 Å². The van der Waals surface area contributed by atoms with Crippen molar-refractivity contribution in [3.05, 3.63) is 35.6 Å². The Kier molecular flexibility index (Phi) is 3.30. The molecule has 0 atom stereocenters. The molecule has 0 saturated heterocycles. The summed E-state index contributed by atoms with van der Waals surface area (Å²) < 4.78 is 12.5. The van der Waals surface area contributed by atoms with E-state index in [0.29, 0.717) is 0 Å². The SMILES string of the molecule is CC(C)(C)CC#Cc1ccc(F)cc1. The zero-order chi connectivity index (χ0) is 10.6. The van der Waals surface area contributed by atoms with Crippen LogP contribution in [-0.4, -0.2) is 0 Å². The Balaban J connectivity index is 2.64. The van der Waals surface area contributed by atoms with E-state index in [-0.39, 0.29) is 11.2 Å². The second kappa shape index (κ2) is 4.28. The Labute approximate surface area is 85.2 Å². The highest BCUT2D eigenvalue weighted by Gasteiger charge is 2.06. The highest BCUT2D eigenvalue weighted by Crippen LogP contribution is 2.16. The molecule has 1 aromatic carbocycles. The van der Waals surface area contributed by atoms with Crippen molar-refractivity contribution in [1.82, 2.24) is 0 Å². The van der Waals surface area contributed by atoms with Crippen LogP contribution in [0.2, 0.25) is 0 Å². The van der Waals surface area contributed by atoms with E-state index >= 15 is 0 Å². The molecule has 0 nitrogen and oxygen atoms in total. The third-order valence-electron chi connectivity index (χ3n) is 1.70. The van der Waals surface area contributed by atoms with Gasteiger partial charge in [0.15, 0.2) is 0 Å². The highest BCUT2D eigenvalue weighted by atomic mass is 19.1. The van der Waals surface area contributed by atoms with E-state index in [0.717, 1.165) is 12.0 Å². The molecule has 0 aliphatic heterocycles. The van der Waals surface area contributed by atoms with Crippen LogP contribution in [0.4, 0.5) is 4.39 Å². The molecule has 0 saturated carbocycles. The van der Waals surface area contributed by atoms with E-state index < -0.39 is 0 Å². The molecular weight excluding hydrogens is 175 g/mol. The molecule has 0 aliphatic carbocycles. The van der Waals surface area contributed by atoms with Gasteiger partial charge in [-0.25, -0.2) is 4.39 Å². The molecule has 0 spiro atoms. The van der Waals surface area contributed by atoms with Gasteiger partial charge in [0.05, 0.1) is 0 Å². The summed E-state index contributed by atoms with van der Waals surface area (Å²) in [6.45, 7) is 6.44. The summed E-state index contributed by atoms with van der Waals surface area (Å²) in [6.07, 6.45) is 0.852. The van der Waals surface area contributed by atoms with Crippen molar-refractivity contribution in [3.8, 4) is 11.8 Å². The first-order valence-corrected chi connectivity index (χ1v) is 4.72. The fraction of sp³-hybridized carbons (Fsp3) is 0.385. The average Bonchev–Trinajstić information content (AvgIpc) is 2.06. The first-order chi connectivity index (χ1) is 6.47. The molecule has 0 N–H and O–H groups in total. The Morgan fingerprint density at radius 1 is 1.14 bits per heavy atom. The second-order valence-corrected chi connectivity index (χ2v) is 4.55. The van der Waals surface area contributed by atoms with Gasteiger partial charge in [0.2, 0.25) is 0 Å². The summed E-state index contributed by atoms with van der Waals surface area (Å²) in [5, 5.41) is 0. The molecule has 74 valence electrons. The predicted octanol–water partition coefficient (Wildman–Crippen LogP) is 3.61. The molecule has 1 aromatic rings. The van der Waals surface area contributed by atoms with Gasteiger partial charge in [0, 0.05) is 12.0 Å². The van der Waals surface area contributed by atoms with Crippen LogP contribution in [0, 0.1) is 23.1 Å². The van der Waals surface area contributed by atoms with Gasteiger partial charge in [0.25, 0.3) is 0 Å². The normalized spacial score (nSPS) is 10.6. The molecule has 0 radical (unpaired) electrons. The minimum absolute atomic E-state index is 0.216. The van der Waals surface area contributed by atoms with Crippen LogP contribution in [0.5, 0.6) is 0 Å². The Morgan fingerprint density at radius 3 is 2.21 bits per heavy atom. The zero-order valence-corrected chi connectivity index (χ0v) is 8.89. The van der Waals surface area contributed by atoms with Crippen molar-refractivity contribution >= 4 is 0 Å². The molecule has 0 aliphatic rings. The molecule has 0 amide bonds. The first-order valence-electron chi connectivity index (χ1n) is 4.72. The van der Waals surface area contributed by atoms with Gasteiger partial charge >= 0.3 is 0 Å². The third-order valence-corrected chi connectivity index (χ3v) is 1.70. The molecule has 0 aromatic heterocycles. The molecular formula is C13H15F. The topological polar surface area (TPSA) is 0 Å². The summed E-state index contributed by atoms with van der Waals surface area (Å²) in [5.74, 6) is 5.88. The Bertz CT molecular complexity index is 344. The van der Waals surface area contributed by atoms with Crippen LogP contribution >= 0.6 is 0 Å². The van der Waals surface area contributed by atoms with Crippen LogP contribution in [0.1, 0.15) is 32.8 Å². The van der Waals surface area contributed by atoms with E-state index in [1.54, 1.807) is 12.1 Å². The fourth-order valence-corrected chi connectivity index (χ4v) is 0.945. The monoisotopic (exact) mass is 190 g/mol. The maximum absolute atomic E-state index is 12.5. The van der Waals surface area contributed by atoms with Crippen molar-refractivity contribution in [2.45, 2.75) is 27.2 Å². The standard InChI is InChI=1S/C13H15F/c1-13(2,3)10-4-5-11-6-8-12(14)9-7-11/h6-9H,10H2,1-3H3. The van der Waals surface area contributed by atoms with Gasteiger partial charge in [-0.3, -0.25) is 0 Å². The molecule has 0 bridgehead atoms. The van der Waals surface area contributed by atoms with E-state index in [2.05, 4.69) is 32.6 Å². The lowest BCUT2D eigenvalue weighted by Gasteiger charge is -2.12. The molecule has 1 heteroatoms. The largest absolute Gasteiger partial charge is 0.207 e. The zero-order valence-electron chi connectivity index (χ0n) is 8.89. The van der Waals surface area contributed by atoms with Crippen LogP contribution < -0.4 is 0 Å². The van der Waals surface area contributed by atoms with Crippen molar-refractivity contribution in [3.63, 3.8) is 0 Å². The van der Waals surface area contributed by atoms with Crippen LogP contribution in [0.15, 0.2) is 24.3 Å². The molecule has 0 heterocycles. The van der Waals surface area contributed by atoms with E-state index in [1.807, 2.05) is 0 Å². The van der Waals surface area contributed by atoms with Gasteiger partial charge in [-0.15, -0.1) is 0 Å². The van der Waals surface area contributed by atoms with Crippen LogP contribution in [0.25, 0.3) is 0 Å². The quantitative estimate of drug-likeness (QED) is 0.548. The fourth-order valence-electron chi connectivity index (χ4n) is 0.945. The van der Waals surface area contributed by atoms with Crippen LogP contribution in [0.3, 0.4) is 0 Å². The average molecular weight is 190 g/mol. The van der Waals surface area contributed by atoms with Gasteiger partial charge < -0.3 is 0 Å². The van der Waals surface area contributed by atoms with Gasteiger partial charge in [0.1, 0.15) is 5.82 Å². The number of halogens is 1. The second-order valence-electron chi connectivity index (χ2n) is 4.55. The van der Waals surface area contributed by atoms with Gasteiger partial charge in [-0.1, -0.05) is 32.6 Å². The number of hydrogen-bond donors (Lipinski definition) is 0. The lowest BCUT2D eigenvalue weighted by atomic mass is 9.93. The first kappa shape index (κ1) is 10.8. The summed E-state index contributed by atoms with van der Waals surface area (Å²) >= 11 is 0. The molecule has 14 heavy (non-hydrogen) atoms. The number of benzene rings is 1. The predicted molar refractivity (Wildman–Crippen MR) is 57.4 cm³/mol. The smallest absolute Gasteiger partial charge is 0.123 e. The van der Waals surface area contributed by atoms with Gasteiger partial charge in [-0.05, 0) is 29.7 Å². The van der Waals surface area contributed by atoms with Crippen molar-refractivity contribution in [2.75, 3.05) is 0 Å². The Hall–Kier alpha value is -1.29. The molecule has 0 fully saturated rings. The summed E-state index contributed by atoms with van der Waals surface area (Å²) in [7, 11) is 0. The van der Waals surface area contributed by atoms with Crippen molar-refractivity contribution < 1.29 is 4.39 Å². The van der Waals surface area contributed by atoms with E-state index in [9.17, 15) is 4.39 Å². The summed E-state index contributed by atoms with van der Waals surface area (Å²) in [6, 6.07) is 6.26. The lowest BCUT2D eigenvalue weighted by Crippen LogP contribution is -2.02. The maximum Gasteiger partial charge on any atom is 0.123 e. The van der Waals surface area contributed by atoms with Gasteiger partial charge in [-0.2, -0.15) is 0 Å². The summed E-state index contributed by atoms with van der Waals surface area (Å²) in [4.78, 5) is 0. The minimum Gasteiger partial charge on any atom is -0.207 e. The molecule has 1 rings (SSSR count). The third kappa shape index (κ3) is 4.09.